The van der Waals surface area contributed by atoms with E-state index in [9.17, 15) is 10.1 Å². The predicted molar refractivity (Wildman–Crippen MR) is 99.5 cm³/mol. The van der Waals surface area contributed by atoms with Gasteiger partial charge in [0.1, 0.15) is 0 Å². The molecule has 1 aliphatic heterocycles. The highest BCUT2D eigenvalue weighted by atomic mass is 16.6. The van der Waals surface area contributed by atoms with Crippen molar-refractivity contribution in [3.05, 3.63) is 75.3 Å². The quantitative estimate of drug-likeness (QED) is 0.597. The van der Waals surface area contributed by atoms with Gasteiger partial charge in [0.25, 0.3) is 5.69 Å². The summed E-state index contributed by atoms with van der Waals surface area (Å²) in [5, 5.41) is 10.9. The smallest absolute Gasteiger partial charge is 0.269 e. The maximum atomic E-state index is 10.9. The van der Waals surface area contributed by atoms with Gasteiger partial charge in [-0.1, -0.05) is 43.3 Å². The van der Waals surface area contributed by atoms with E-state index in [1.54, 1.807) is 18.2 Å². The van der Waals surface area contributed by atoms with Crippen molar-refractivity contribution in [3.63, 3.8) is 0 Å². The molecule has 2 aromatic carbocycles. The van der Waals surface area contributed by atoms with Gasteiger partial charge in [-0.25, -0.2) is 0 Å². The van der Waals surface area contributed by atoms with Gasteiger partial charge in [0.15, 0.2) is 0 Å². The van der Waals surface area contributed by atoms with Crippen LogP contribution in [0.1, 0.15) is 23.6 Å². The third-order valence-electron chi connectivity index (χ3n) is 4.83. The number of hydrogen-bond donors (Lipinski definition) is 0. The molecule has 0 unspecified atom stereocenters. The number of non-ortho nitro benzene ring substituents is 1. The van der Waals surface area contributed by atoms with Gasteiger partial charge < -0.3 is 0 Å². The molecule has 3 rings (SSSR count). The van der Waals surface area contributed by atoms with Crippen molar-refractivity contribution in [2.24, 2.45) is 0 Å². The normalized spacial score (nSPS) is 16.0. The monoisotopic (exact) mass is 339 g/mol. The van der Waals surface area contributed by atoms with Crippen molar-refractivity contribution < 1.29 is 4.92 Å². The summed E-state index contributed by atoms with van der Waals surface area (Å²) in [4.78, 5) is 15.4. The zero-order valence-electron chi connectivity index (χ0n) is 14.7. The Bertz CT molecular complexity index is 707. The van der Waals surface area contributed by atoms with Gasteiger partial charge in [-0.2, -0.15) is 0 Å². The van der Waals surface area contributed by atoms with Crippen molar-refractivity contribution in [2.75, 3.05) is 26.2 Å². The van der Waals surface area contributed by atoms with E-state index in [4.69, 9.17) is 0 Å². The second-order valence-electron chi connectivity index (χ2n) is 6.65. The molecule has 1 heterocycles. The highest BCUT2D eigenvalue weighted by Crippen LogP contribution is 2.16. The van der Waals surface area contributed by atoms with E-state index < -0.39 is 0 Å². The van der Waals surface area contributed by atoms with Crippen LogP contribution in [0, 0.1) is 10.1 Å². The zero-order chi connectivity index (χ0) is 17.6. The van der Waals surface area contributed by atoms with E-state index in [1.807, 2.05) is 6.07 Å². The Morgan fingerprint density at radius 1 is 0.880 bits per heavy atom. The maximum absolute atomic E-state index is 10.9. The van der Waals surface area contributed by atoms with Crippen LogP contribution in [0.15, 0.2) is 48.5 Å². The van der Waals surface area contributed by atoms with E-state index in [2.05, 4.69) is 41.0 Å². The van der Waals surface area contributed by atoms with E-state index in [1.165, 1.54) is 11.1 Å². The van der Waals surface area contributed by atoms with Crippen LogP contribution in [0.5, 0.6) is 0 Å². The number of piperazine rings is 1. The first kappa shape index (κ1) is 17.6. The van der Waals surface area contributed by atoms with Gasteiger partial charge in [0.05, 0.1) is 4.92 Å². The fraction of sp³-hybridized carbons (Fsp3) is 0.400. The first-order chi connectivity index (χ1) is 12.1. The van der Waals surface area contributed by atoms with E-state index in [-0.39, 0.29) is 10.6 Å². The Kier molecular flexibility index (Phi) is 5.79. The number of aryl methyl sites for hydroxylation is 1. The molecule has 132 valence electrons. The Morgan fingerprint density at radius 2 is 1.44 bits per heavy atom. The molecule has 1 fully saturated rings. The van der Waals surface area contributed by atoms with Crippen LogP contribution >= 0.6 is 0 Å². The SMILES string of the molecule is CCc1ccc(CN2CCN(Cc3cccc([N+](=O)[O-])c3)CC2)cc1. The Labute approximate surface area is 149 Å². The van der Waals surface area contributed by atoms with Gasteiger partial charge in [-0.3, -0.25) is 19.9 Å². The molecule has 2 aromatic rings. The largest absolute Gasteiger partial charge is 0.297 e. The van der Waals surface area contributed by atoms with Gasteiger partial charge >= 0.3 is 0 Å². The molecule has 0 bridgehead atoms. The number of benzene rings is 2. The second-order valence-corrected chi connectivity index (χ2v) is 6.65. The van der Waals surface area contributed by atoms with Crippen LogP contribution < -0.4 is 0 Å². The van der Waals surface area contributed by atoms with Gasteiger partial charge in [-0.15, -0.1) is 0 Å². The molecule has 0 spiro atoms. The number of rotatable bonds is 6. The number of nitro groups is 1. The molecule has 0 amide bonds. The molecule has 0 radical (unpaired) electrons. The summed E-state index contributed by atoms with van der Waals surface area (Å²) in [6, 6.07) is 15.9. The Morgan fingerprint density at radius 3 is 2.00 bits per heavy atom. The van der Waals surface area contributed by atoms with Crippen molar-refractivity contribution in [2.45, 2.75) is 26.4 Å². The molecule has 0 saturated carbocycles. The topological polar surface area (TPSA) is 49.6 Å². The summed E-state index contributed by atoms with van der Waals surface area (Å²) in [5.74, 6) is 0. The number of nitrogens with zero attached hydrogens (tertiary/aromatic N) is 3. The highest BCUT2D eigenvalue weighted by Gasteiger charge is 2.17. The molecule has 0 aromatic heterocycles. The van der Waals surface area contributed by atoms with E-state index in [0.717, 1.165) is 51.3 Å². The van der Waals surface area contributed by atoms with Crippen LogP contribution in [-0.2, 0) is 19.5 Å². The third kappa shape index (κ3) is 4.87. The van der Waals surface area contributed by atoms with E-state index >= 15 is 0 Å². The summed E-state index contributed by atoms with van der Waals surface area (Å²) in [6.07, 6.45) is 1.08. The molecule has 25 heavy (non-hydrogen) atoms. The molecule has 0 aliphatic carbocycles. The molecule has 1 saturated heterocycles. The second kappa shape index (κ2) is 8.23. The first-order valence-electron chi connectivity index (χ1n) is 8.90. The molecule has 0 N–H and O–H groups in total. The maximum Gasteiger partial charge on any atom is 0.269 e. The van der Waals surface area contributed by atoms with Crippen molar-refractivity contribution >= 4 is 5.69 Å². The van der Waals surface area contributed by atoms with Crippen LogP contribution in [0.25, 0.3) is 0 Å². The lowest BCUT2D eigenvalue weighted by atomic mass is 10.1. The van der Waals surface area contributed by atoms with Crippen LogP contribution in [0.3, 0.4) is 0 Å². The van der Waals surface area contributed by atoms with Crippen LogP contribution in [-0.4, -0.2) is 40.9 Å². The highest BCUT2D eigenvalue weighted by molar-refractivity contribution is 5.34. The lowest BCUT2D eigenvalue weighted by molar-refractivity contribution is -0.384. The molecule has 5 heteroatoms. The summed E-state index contributed by atoms with van der Waals surface area (Å²) >= 11 is 0. The van der Waals surface area contributed by atoms with E-state index in [0.29, 0.717) is 0 Å². The number of hydrogen-bond acceptors (Lipinski definition) is 4. The minimum Gasteiger partial charge on any atom is -0.297 e. The van der Waals surface area contributed by atoms with Gasteiger partial charge in [0, 0.05) is 51.4 Å². The minimum absolute atomic E-state index is 0.173. The summed E-state index contributed by atoms with van der Waals surface area (Å²) < 4.78 is 0. The van der Waals surface area contributed by atoms with Crippen LogP contribution in [0.2, 0.25) is 0 Å². The molecule has 0 atom stereocenters. The number of nitro benzene ring substituents is 1. The third-order valence-corrected chi connectivity index (χ3v) is 4.83. The Hall–Kier alpha value is -2.24. The Balaban J connectivity index is 1.49. The molecule has 1 aliphatic rings. The standard InChI is InChI=1S/C20H25N3O2/c1-2-17-6-8-18(9-7-17)15-21-10-12-22(13-11-21)16-19-4-3-5-20(14-19)23(24)25/h3-9,14H,2,10-13,15-16H2,1H3. The van der Waals surface area contributed by atoms with Crippen molar-refractivity contribution in [3.8, 4) is 0 Å². The molecular weight excluding hydrogens is 314 g/mol. The lowest BCUT2D eigenvalue weighted by Gasteiger charge is -2.34. The fourth-order valence-corrected chi connectivity index (χ4v) is 3.27. The summed E-state index contributed by atoms with van der Waals surface area (Å²) in [6.45, 7) is 8.01. The average molecular weight is 339 g/mol. The summed E-state index contributed by atoms with van der Waals surface area (Å²) in [5.41, 5.74) is 3.93. The van der Waals surface area contributed by atoms with Gasteiger partial charge in [0.2, 0.25) is 0 Å². The van der Waals surface area contributed by atoms with Crippen molar-refractivity contribution in [1.82, 2.24) is 9.80 Å². The zero-order valence-corrected chi connectivity index (χ0v) is 14.7. The summed E-state index contributed by atoms with van der Waals surface area (Å²) in [7, 11) is 0. The van der Waals surface area contributed by atoms with Crippen molar-refractivity contribution in [1.29, 1.82) is 0 Å². The minimum atomic E-state index is -0.328. The molecule has 5 nitrogen and oxygen atoms in total. The average Bonchev–Trinajstić information content (AvgIpc) is 2.64. The predicted octanol–water partition coefficient (Wildman–Crippen LogP) is 3.48. The fourth-order valence-electron chi connectivity index (χ4n) is 3.27. The van der Waals surface area contributed by atoms with Crippen LogP contribution in [0.4, 0.5) is 5.69 Å². The molecular formula is C20H25N3O2. The lowest BCUT2D eigenvalue weighted by Crippen LogP contribution is -2.45. The van der Waals surface area contributed by atoms with Gasteiger partial charge in [-0.05, 0) is 23.1 Å². The first-order valence-corrected chi connectivity index (χ1v) is 8.90.